The zero-order valence-electron chi connectivity index (χ0n) is 10.1. The standard InChI is InChI=1S/C13H19NO2/c1-4-6-11-10(7-9(3)5-2)8-12(14-11)13(15)16/h6-9,14H,4-5H2,1-3H3,(H,15,16)/b10-7-,11-6+. The fraction of sp³-hybridized carbons (Fsp3) is 0.462. The summed E-state index contributed by atoms with van der Waals surface area (Å²) in [6.07, 6.45) is 6.07. The van der Waals surface area contributed by atoms with E-state index in [1.165, 1.54) is 0 Å². The molecule has 1 unspecified atom stereocenters. The number of aromatic nitrogens is 1. The summed E-state index contributed by atoms with van der Waals surface area (Å²) < 4.78 is 0. The van der Waals surface area contributed by atoms with Crippen molar-refractivity contribution in [2.24, 2.45) is 5.92 Å². The van der Waals surface area contributed by atoms with Crippen LogP contribution in [-0.2, 0) is 0 Å². The first-order chi connectivity index (χ1) is 7.58. The number of aromatic amines is 1. The molecule has 0 radical (unpaired) electrons. The summed E-state index contributed by atoms with van der Waals surface area (Å²) in [5, 5.41) is 10.8. The average Bonchev–Trinajstić information content (AvgIpc) is 2.62. The molecule has 0 aromatic carbocycles. The number of carboxylic acid groups (broad SMARTS) is 1. The van der Waals surface area contributed by atoms with E-state index in [0.717, 1.165) is 23.4 Å². The number of carbonyl (C=O) groups is 1. The van der Waals surface area contributed by atoms with Gasteiger partial charge in [0.25, 0.3) is 0 Å². The zero-order chi connectivity index (χ0) is 12.1. The summed E-state index contributed by atoms with van der Waals surface area (Å²) in [5.41, 5.74) is 0.259. The Morgan fingerprint density at radius 2 is 2.25 bits per heavy atom. The Morgan fingerprint density at radius 3 is 2.75 bits per heavy atom. The maximum Gasteiger partial charge on any atom is 0.352 e. The van der Waals surface area contributed by atoms with E-state index in [1.54, 1.807) is 6.07 Å². The second-order valence-electron chi connectivity index (χ2n) is 4.02. The molecule has 1 aromatic heterocycles. The molecule has 0 amide bonds. The highest BCUT2D eigenvalue weighted by Crippen LogP contribution is 2.00. The lowest BCUT2D eigenvalue weighted by atomic mass is 10.1. The molecular weight excluding hydrogens is 202 g/mol. The topological polar surface area (TPSA) is 53.1 Å². The quantitative estimate of drug-likeness (QED) is 0.813. The van der Waals surface area contributed by atoms with E-state index in [0.29, 0.717) is 5.92 Å². The number of rotatable bonds is 4. The summed E-state index contributed by atoms with van der Waals surface area (Å²) >= 11 is 0. The molecule has 0 aliphatic heterocycles. The molecule has 1 aromatic rings. The minimum absolute atomic E-state index is 0.259. The van der Waals surface area contributed by atoms with Gasteiger partial charge in [-0.2, -0.15) is 0 Å². The summed E-state index contributed by atoms with van der Waals surface area (Å²) in [5.74, 6) is -0.448. The van der Waals surface area contributed by atoms with Crippen molar-refractivity contribution >= 4 is 18.1 Å². The highest BCUT2D eigenvalue weighted by atomic mass is 16.4. The molecule has 0 spiro atoms. The van der Waals surface area contributed by atoms with Crippen LogP contribution in [0.3, 0.4) is 0 Å². The molecule has 1 heterocycles. The second-order valence-corrected chi connectivity index (χ2v) is 4.02. The van der Waals surface area contributed by atoms with Crippen LogP contribution in [-0.4, -0.2) is 16.1 Å². The molecule has 1 rings (SSSR count). The largest absolute Gasteiger partial charge is 0.477 e. The minimum Gasteiger partial charge on any atom is -0.477 e. The predicted molar refractivity (Wildman–Crippen MR) is 65.7 cm³/mol. The van der Waals surface area contributed by atoms with Crippen molar-refractivity contribution in [3.8, 4) is 0 Å². The third-order valence-corrected chi connectivity index (χ3v) is 2.63. The van der Waals surface area contributed by atoms with Gasteiger partial charge in [-0.05, 0) is 23.6 Å². The second kappa shape index (κ2) is 5.54. The number of hydrogen-bond donors (Lipinski definition) is 2. The van der Waals surface area contributed by atoms with Gasteiger partial charge in [0.2, 0.25) is 0 Å². The fourth-order valence-electron chi connectivity index (χ4n) is 1.54. The van der Waals surface area contributed by atoms with Crippen LogP contribution in [0.15, 0.2) is 6.07 Å². The molecule has 88 valence electrons. The van der Waals surface area contributed by atoms with Gasteiger partial charge >= 0.3 is 5.97 Å². The van der Waals surface area contributed by atoms with Gasteiger partial charge in [-0.3, -0.25) is 0 Å². The van der Waals surface area contributed by atoms with Gasteiger partial charge in [0.1, 0.15) is 5.69 Å². The van der Waals surface area contributed by atoms with Gasteiger partial charge < -0.3 is 10.1 Å². The van der Waals surface area contributed by atoms with E-state index in [1.807, 2.05) is 13.0 Å². The van der Waals surface area contributed by atoms with Crippen LogP contribution in [0.2, 0.25) is 0 Å². The van der Waals surface area contributed by atoms with Gasteiger partial charge in [0.05, 0.1) is 0 Å². The molecule has 2 N–H and O–H groups in total. The molecule has 0 aliphatic rings. The first-order valence-corrected chi connectivity index (χ1v) is 5.72. The van der Waals surface area contributed by atoms with Crippen LogP contribution in [0, 0.1) is 5.92 Å². The average molecular weight is 221 g/mol. The summed E-state index contributed by atoms with van der Waals surface area (Å²) in [6, 6.07) is 1.70. The summed E-state index contributed by atoms with van der Waals surface area (Å²) in [7, 11) is 0. The number of carboxylic acids is 1. The predicted octanol–water partition coefficient (Wildman–Crippen LogP) is 1.73. The molecule has 0 bridgehead atoms. The maximum atomic E-state index is 10.9. The van der Waals surface area contributed by atoms with Crippen molar-refractivity contribution in [1.29, 1.82) is 0 Å². The van der Waals surface area contributed by atoms with Gasteiger partial charge in [0, 0.05) is 5.35 Å². The van der Waals surface area contributed by atoms with Crippen LogP contribution in [0.4, 0.5) is 0 Å². The monoisotopic (exact) mass is 221 g/mol. The Bertz CT molecular complexity index is 471. The summed E-state index contributed by atoms with van der Waals surface area (Å²) in [4.78, 5) is 13.8. The van der Waals surface area contributed by atoms with Crippen molar-refractivity contribution in [1.82, 2.24) is 4.98 Å². The lowest BCUT2D eigenvalue weighted by molar-refractivity contribution is 0.0691. The Kier molecular flexibility index (Phi) is 4.35. The van der Waals surface area contributed by atoms with Crippen LogP contribution in [0.25, 0.3) is 12.2 Å². The first kappa shape index (κ1) is 12.6. The molecule has 0 fully saturated rings. The van der Waals surface area contributed by atoms with Gasteiger partial charge in [-0.1, -0.05) is 39.3 Å². The van der Waals surface area contributed by atoms with Gasteiger partial charge in [0.15, 0.2) is 0 Å². The summed E-state index contributed by atoms with van der Waals surface area (Å²) in [6.45, 7) is 6.28. The van der Waals surface area contributed by atoms with Crippen LogP contribution in [0.1, 0.15) is 44.1 Å². The molecule has 0 saturated heterocycles. The molecule has 3 heteroatoms. The highest BCUT2D eigenvalue weighted by Gasteiger charge is 2.04. The number of aromatic carboxylic acids is 1. The lowest BCUT2D eigenvalue weighted by Crippen LogP contribution is -2.23. The SMILES string of the molecule is CC/C=c1/[nH]c(C(=O)O)c/c1=C/C(C)CC. The molecular formula is C13H19NO2. The third-order valence-electron chi connectivity index (χ3n) is 2.63. The van der Waals surface area contributed by atoms with Gasteiger partial charge in [-0.25, -0.2) is 4.79 Å². The Labute approximate surface area is 95.5 Å². The number of nitrogens with one attached hydrogen (secondary N) is 1. The molecule has 0 saturated carbocycles. The first-order valence-electron chi connectivity index (χ1n) is 5.72. The maximum absolute atomic E-state index is 10.9. The number of hydrogen-bond acceptors (Lipinski definition) is 1. The van der Waals surface area contributed by atoms with Crippen molar-refractivity contribution < 1.29 is 9.90 Å². The van der Waals surface area contributed by atoms with E-state index in [2.05, 4.69) is 24.9 Å². The smallest absolute Gasteiger partial charge is 0.352 e. The van der Waals surface area contributed by atoms with Crippen molar-refractivity contribution in [3.63, 3.8) is 0 Å². The van der Waals surface area contributed by atoms with Crippen LogP contribution >= 0.6 is 0 Å². The van der Waals surface area contributed by atoms with E-state index < -0.39 is 5.97 Å². The van der Waals surface area contributed by atoms with Crippen LogP contribution in [0.5, 0.6) is 0 Å². The third kappa shape index (κ3) is 2.99. The lowest BCUT2D eigenvalue weighted by Gasteiger charge is -1.97. The number of H-pyrrole nitrogens is 1. The van der Waals surface area contributed by atoms with Gasteiger partial charge in [-0.15, -0.1) is 0 Å². The van der Waals surface area contributed by atoms with E-state index in [-0.39, 0.29) is 5.69 Å². The Morgan fingerprint density at radius 1 is 1.56 bits per heavy atom. The van der Waals surface area contributed by atoms with E-state index >= 15 is 0 Å². The van der Waals surface area contributed by atoms with Crippen LogP contribution < -0.4 is 10.6 Å². The fourth-order valence-corrected chi connectivity index (χ4v) is 1.54. The zero-order valence-corrected chi connectivity index (χ0v) is 10.1. The van der Waals surface area contributed by atoms with E-state index in [4.69, 9.17) is 5.11 Å². The van der Waals surface area contributed by atoms with Crippen molar-refractivity contribution in [3.05, 3.63) is 22.3 Å². The Hall–Kier alpha value is -1.51. The van der Waals surface area contributed by atoms with Crippen molar-refractivity contribution in [2.75, 3.05) is 0 Å². The van der Waals surface area contributed by atoms with E-state index in [9.17, 15) is 4.79 Å². The minimum atomic E-state index is -0.908. The Balaban J connectivity index is 3.31. The normalized spacial score (nSPS) is 15.4. The van der Waals surface area contributed by atoms with Crippen molar-refractivity contribution in [2.45, 2.75) is 33.6 Å². The molecule has 3 nitrogen and oxygen atoms in total. The molecule has 16 heavy (non-hydrogen) atoms. The molecule has 0 aliphatic carbocycles. The highest BCUT2D eigenvalue weighted by molar-refractivity contribution is 5.85. The molecule has 1 atom stereocenters.